The van der Waals surface area contributed by atoms with Gasteiger partial charge in [0.25, 0.3) is 0 Å². The molecule has 0 saturated carbocycles. The summed E-state index contributed by atoms with van der Waals surface area (Å²) in [5.41, 5.74) is 17.7. The summed E-state index contributed by atoms with van der Waals surface area (Å²) in [7, 11) is 1.44. The van der Waals surface area contributed by atoms with Crippen molar-refractivity contribution in [3.63, 3.8) is 0 Å². The van der Waals surface area contributed by atoms with Gasteiger partial charge in [-0.15, -0.1) is 0 Å². The first-order chi connectivity index (χ1) is 60.4. The second kappa shape index (κ2) is 74.8. The molecule has 3 heterocycles. The summed E-state index contributed by atoms with van der Waals surface area (Å²) in [6.45, 7) is 24.2. The number of ether oxygens (including phenoxy) is 13. The maximum absolute atomic E-state index is 14.2. The molecular weight excluding hydrogens is 1870 g/mol. The van der Waals surface area contributed by atoms with Gasteiger partial charge >= 0.3 is 50.4 Å². The average molecular weight is 2030 g/mol. The number of nitrogens with one attached hydrogen (secondary N) is 5. The number of Topliss-reactive ketones (excluding diaryl/α,β-unsaturated/α-hetero) is 4. The minimum absolute atomic E-state index is 0. The third-order valence-electron chi connectivity index (χ3n) is 22.3. The number of unbranched alkanes of at least 4 members (excludes halogenated alkanes) is 7. The van der Waals surface area contributed by atoms with Gasteiger partial charge < -0.3 is 120 Å². The number of carbonyl (C=O) groups excluding carboxylic acids is 16. The van der Waals surface area contributed by atoms with Crippen LogP contribution < -0.4 is 43.8 Å². The van der Waals surface area contributed by atoms with Crippen molar-refractivity contribution in [2.45, 2.75) is 343 Å². The Morgan fingerprint density at radius 1 is 0.398 bits per heavy atom. The van der Waals surface area contributed by atoms with E-state index in [0.29, 0.717) is 142 Å². The molecule has 0 radical (unpaired) electrons. The second-order valence-corrected chi connectivity index (χ2v) is 32.8. The van der Waals surface area contributed by atoms with Crippen LogP contribution in [-0.2, 0) is 138 Å². The van der Waals surface area contributed by atoms with Gasteiger partial charge in [0.2, 0.25) is 29.5 Å². The predicted octanol–water partition coefficient (Wildman–Crippen LogP) is 5.53. The van der Waals surface area contributed by atoms with Crippen LogP contribution in [0.2, 0.25) is 0 Å². The number of rotatable bonds is 65. The average Bonchev–Trinajstić information content (AvgIpc) is 0.825. The fourth-order valence-electron chi connectivity index (χ4n) is 13.8. The molecule has 3 rings (SSSR count). The van der Waals surface area contributed by atoms with Crippen LogP contribution in [0.1, 0.15) is 270 Å². The van der Waals surface area contributed by atoms with Gasteiger partial charge in [-0.25, -0.2) is 0 Å². The van der Waals surface area contributed by atoms with E-state index in [1.165, 1.54) is 48.6 Å². The van der Waals surface area contributed by atoms with Crippen LogP contribution >= 0.6 is 0 Å². The van der Waals surface area contributed by atoms with Crippen molar-refractivity contribution in [2.24, 2.45) is 52.7 Å². The number of hydrogen-bond donors (Lipinski definition) is 8. The molecule has 0 aromatic heterocycles. The Labute approximate surface area is 778 Å². The monoisotopic (exact) mass is 2030 g/mol. The number of ketones is 4. The number of nitrogens with two attached hydrogens (primary N) is 3. The van der Waals surface area contributed by atoms with Crippen molar-refractivity contribution in [3.8, 4) is 0 Å². The Morgan fingerprint density at radius 2 is 0.719 bits per heavy atom. The standard InChI is InChI=1S/C84H146N8O26.3C2H4O.Po.2H/c1-13-68(60(8)115-77(105)35-34-72(100)88-12)91-75(103)47-76(104)92-84(51-106-44-36-66(98)29-18-14-16-27-64(96)31-20-23-41-109-81-78(85)57(5)54(2)69(116-81)48-112-61(9)93,52-107-45-37-67(99)30-19-15-17-28-65(97)32-21-24-42-110-82-79(86)58(6)55(3)70(117-82)49-113-62(10)94)53-108-46-38-74(102)90-40-26-39-89-73(101)33-22-25-43-111-83-80(87)59(7)56(4)71(118-83)50-114-63(11)95;3*1-2-3;;;/h54-60,68-71,78-83H,13-53,85-87H2,1-12H3,(H,88,100)(H,89,101)(H,90,102)(H,91,103)(H,92,104);3*2H,1H3;;;/t54?,55?,56?,57?,58?,59?,60-,68-,69?,70?,71?,78?,79?,80?,81?,82?,83?,84?;;;;;;/m1....../s1. The zero-order valence-corrected chi connectivity index (χ0v) is 83.0. The van der Waals surface area contributed by atoms with E-state index in [1.807, 2.05) is 41.5 Å². The van der Waals surface area contributed by atoms with Crippen LogP contribution in [0, 0.1) is 35.5 Å². The van der Waals surface area contributed by atoms with Gasteiger partial charge in [0, 0.05) is 131 Å². The van der Waals surface area contributed by atoms with Crippen molar-refractivity contribution in [1.29, 1.82) is 0 Å². The molecule has 128 heavy (non-hydrogen) atoms. The van der Waals surface area contributed by atoms with Crippen LogP contribution in [0.15, 0.2) is 0 Å². The first kappa shape index (κ1) is 123. The molecule has 37 nitrogen and oxygen atoms in total. The number of amides is 5. The topological polar surface area (TPSA) is 531 Å². The Balaban J connectivity index is 0. The van der Waals surface area contributed by atoms with E-state index >= 15 is 0 Å². The van der Waals surface area contributed by atoms with Crippen LogP contribution in [0.5, 0.6) is 0 Å². The zero-order valence-electron chi connectivity index (χ0n) is 79.1. The molecule has 3 saturated heterocycles. The molecule has 3 fully saturated rings. The number of hydrogen-bond acceptors (Lipinski definition) is 32. The third kappa shape index (κ3) is 57.6. The second-order valence-electron chi connectivity index (χ2n) is 32.8. The first-order valence-corrected chi connectivity index (χ1v) is 45.5. The van der Waals surface area contributed by atoms with Crippen molar-refractivity contribution in [2.75, 3.05) is 99.4 Å². The van der Waals surface area contributed by atoms with E-state index in [0.717, 1.165) is 18.9 Å². The molecule has 3 aliphatic heterocycles. The Kier molecular flexibility index (Phi) is 72.1. The summed E-state index contributed by atoms with van der Waals surface area (Å²) in [5.74, 6) is -3.96. The summed E-state index contributed by atoms with van der Waals surface area (Å²) >= 11 is 0. The SMILES string of the molecule is CC=O.CC=O.CC=O.CC[C@@H](NC(=O)CC(=O)NC(COCCC(=O)CCCCCC(=O)CCCCOC1OC(COC(C)=O)C(C)C(C)C1N)(COCCC(=O)CCCCCC(=O)CCCCOC1OC(COC(C)=O)C(C)C(C)C1N)COCCC(=O)NCCCNC(=O)CCCCOC1OC(COC(C)=O)C(C)C(C)C1N)[C@@H](C)OC(=O)CCC(=O)NC.[PoH2]. The molecule has 38 heteroatoms. The molecule has 11 N–H and O–H groups in total. The van der Waals surface area contributed by atoms with Gasteiger partial charge in [-0.05, 0) is 140 Å². The molecule has 0 aliphatic carbocycles. The Bertz CT molecular complexity index is 2940. The van der Waals surface area contributed by atoms with E-state index in [1.54, 1.807) is 13.8 Å². The molecule has 3 aliphatic rings. The zero-order chi connectivity index (χ0) is 95.7. The molecule has 0 aromatic rings. The minimum atomic E-state index is -1.58. The number of esters is 4. The van der Waals surface area contributed by atoms with E-state index in [-0.39, 0.29) is 257 Å². The summed E-state index contributed by atoms with van der Waals surface area (Å²) in [4.78, 5) is 191. The molecule has 0 bridgehead atoms. The van der Waals surface area contributed by atoms with Gasteiger partial charge in [-0.1, -0.05) is 61.3 Å². The van der Waals surface area contributed by atoms with Crippen molar-refractivity contribution in [3.05, 3.63) is 0 Å². The van der Waals surface area contributed by atoms with Crippen molar-refractivity contribution in [1.82, 2.24) is 26.6 Å². The maximum atomic E-state index is 14.2. The van der Waals surface area contributed by atoms with Crippen molar-refractivity contribution < 1.29 is 138 Å². The van der Waals surface area contributed by atoms with Gasteiger partial charge in [0.1, 0.15) is 79.9 Å². The summed E-state index contributed by atoms with van der Waals surface area (Å²) < 4.78 is 75.6. The number of aldehydes is 3. The van der Waals surface area contributed by atoms with Gasteiger partial charge in [0.15, 0.2) is 18.9 Å². The van der Waals surface area contributed by atoms with Crippen LogP contribution in [-0.4, -0.2) is 294 Å². The van der Waals surface area contributed by atoms with E-state index in [9.17, 15) is 62.3 Å². The normalized spacial score (nSPS) is 22.5. The summed E-state index contributed by atoms with van der Waals surface area (Å²) in [6, 6.07) is -1.84. The number of carbonyl (C=O) groups is 16. The molecule has 740 valence electrons. The Hall–Kier alpha value is -6.66. The third-order valence-corrected chi connectivity index (χ3v) is 22.3. The fourth-order valence-corrected chi connectivity index (χ4v) is 13.8. The summed E-state index contributed by atoms with van der Waals surface area (Å²) in [5, 5.41) is 13.8. The van der Waals surface area contributed by atoms with Crippen molar-refractivity contribution >= 4 is 122 Å². The summed E-state index contributed by atoms with van der Waals surface area (Å²) in [6.07, 6.45) is 7.10. The van der Waals surface area contributed by atoms with Crippen LogP contribution in [0.4, 0.5) is 0 Å². The van der Waals surface area contributed by atoms with E-state index in [4.69, 9.17) is 93.2 Å². The molecule has 0 aromatic carbocycles. The molecule has 0 spiro atoms. The first-order valence-electron chi connectivity index (χ1n) is 45.5. The molecule has 15 unspecified atom stereocenters. The predicted molar refractivity (Wildman–Crippen MR) is 478 cm³/mol. The van der Waals surface area contributed by atoms with Crippen LogP contribution in [0.25, 0.3) is 0 Å². The van der Waals surface area contributed by atoms with Gasteiger partial charge in [0.05, 0.1) is 88.5 Å². The Morgan fingerprint density at radius 3 is 1.05 bits per heavy atom. The van der Waals surface area contributed by atoms with Gasteiger partial charge in [-0.2, -0.15) is 0 Å². The molecular formula is C90H160N8O29Po. The fraction of sp³-hybridized carbons (Fsp3) is 0.822. The quantitative estimate of drug-likeness (QED) is 0.0122. The van der Waals surface area contributed by atoms with E-state index in [2.05, 4.69) is 26.6 Å². The van der Waals surface area contributed by atoms with Gasteiger partial charge in [-0.3, -0.25) is 62.3 Å². The molecule has 5 amide bonds. The molecule has 17 atom stereocenters. The van der Waals surface area contributed by atoms with E-state index < -0.39 is 78.7 Å². The van der Waals surface area contributed by atoms with Crippen LogP contribution in [0.3, 0.4) is 0 Å².